The molecule has 0 aliphatic rings. The van der Waals surface area contributed by atoms with Crippen molar-refractivity contribution in [1.29, 1.82) is 0 Å². The Labute approximate surface area is 150 Å². The summed E-state index contributed by atoms with van der Waals surface area (Å²) in [6, 6.07) is 19.6. The van der Waals surface area contributed by atoms with E-state index in [9.17, 15) is 4.79 Å². The second kappa shape index (κ2) is 8.43. The SMILES string of the molecule is CC(NC(=O)CSCc1nnnn1-c1ccccc1)c1ccccc1. The first-order chi connectivity index (χ1) is 12.2. The number of carbonyl (C=O) groups excluding carboxylic acids is 1. The molecule has 0 saturated heterocycles. The summed E-state index contributed by atoms with van der Waals surface area (Å²) in [6.45, 7) is 1.98. The number of hydrogen-bond acceptors (Lipinski definition) is 5. The number of benzene rings is 2. The number of carbonyl (C=O) groups is 1. The number of thioether (sulfide) groups is 1. The number of para-hydroxylation sites is 1. The highest BCUT2D eigenvalue weighted by atomic mass is 32.2. The fourth-order valence-corrected chi connectivity index (χ4v) is 3.14. The van der Waals surface area contributed by atoms with Crippen molar-refractivity contribution in [2.45, 2.75) is 18.7 Å². The number of rotatable bonds is 7. The van der Waals surface area contributed by atoms with E-state index in [-0.39, 0.29) is 11.9 Å². The summed E-state index contributed by atoms with van der Waals surface area (Å²) >= 11 is 1.49. The van der Waals surface area contributed by atoms with Crippen LogP contribution in [0.4, 0.5) is 0 Å². The number of nitrogens with one attached hydrogen (secondary N) is 1. The first kappa shape index (κ1) is 17.2. The fourth-order valence-electron chi connectivity index (χ4n) is 2.41. The van der Waals surface area contributed by atoms with Crippen LogP contribution in [0.15, 0.2) is 60.7 Å². The van der Waals surface area contributed by atoms with E-state index in [0.29, 0.717) is 11.5 Å². The van der Waals surface area contributed by atoms with Crippen LogP contribution in [0, 0.1) is 0 Å². The summed E-state index contributed by atoms with van der Waals surface area (Å²) < 4.78 is 1.69. The number of aromatic nitrogens is 4. The lowest BCUT2D eigenvalue weighted by Crippen LogP contribution is -2.28. The topological polar surface area (TPSA) is 72.7 Å². The summed E-state index contributed by atoms with van der Waals surface area (Å²) in [4.78, 5) is 12.1. The molecule has 1 atom stereocenters. The van der Waals surface area contributed by atoms with Gasteiger partial charge < -0.3 is 5.32 Å². The van der Waals surface area contributed by atoms with E-state index in [1.54, 1.807) is 4.68 Å². The van der Waals surface area contributed by atoms with Gasteiger partial charge in [0.25, 0.3) is 0 Å². The molecule has 0 saturated carbocycles. The van der Waals surface area contributed by atoms with Crippen LogP contribution in [0.2, 0.25) is 0 Å². The summed E-state index contributed by atoms with van der Waals surface area (Å²) in [5.74, 6) is 1.65. The highest BCUT2D eigenvalue weighted by Crippen LogP contribution is 2.15. The molecule has 2 aromatic carbocycles. The van der Waals surface area contributed by atoms with E-state index in [2.05, 4.69) is 20.8 Å². The molecule has 0 spiro atoms. The molecule has 1 aromatic heterocycles. The van der Waals surface area contributed by atoms with Crippen molar-refractivity contribution in [3.8, 4) is 5.69 Å². The molecule has 1 N–H and O–H groups in total. The molecule has 1 heterocycles. The first-order valence-electron chi connectivity index (χ1n) is 7.99. The third-order valence-corrected chi connectivity index (χ3v) is 4.60. The monoisotopic (exact) mass is 353 g/mol. The van der Waals surface area contributed by atoms with E-state index in [0.717, 1.165) is 17.1 Å². The van der Waals surface area contributed by atoms with Gasteiger partial charge in [-0.25, -0.2) is 0 Å². The summed E-state index contributed by atoms with van der Waals surface area (Å²) in [7, 11) is 0. The minimum atomic E-state index is -0.0102. The Balaban J connectivity index is 1.50. The Hall–Kier alpha value is -2.67. The van der Waals surface area contributed by atoms with Crippen molar-refractivity contribution >= 4 is 17.7 Å². The van der Waals surface area contributed by atoms with Crippen LogP contribution in [0.5, 0.6) is 0 Å². The van der Waals surface area contributed by atoms with E-state index >= 15 is 0 Å². The molecular weight excluding hydrogens is 334 g/mol. The van der Waals surface area contributed by atoms with E-state index in [4.69, 9.17) is 0 Å². The molecule has 1 amide bonds. The smallest absolute Gasteiger partial charge is 0.230 e. The molecule has 25 heavy (non-hydrogen) atoms. The molecule has 0 fully saturated rings. The molecule has 3 aromatic rings. The van der Waals surface area contributed by atoms with Crippen molar-refractivity contribution in [3.05, 3.63) is 72.1 Å². The van der Waals surface area contributed by atoms with Gasteiger partial charge in [-0.15, -0.1) is 16.9 Å². The Morgan fingerprint density at radius 2 is 1.80 bits per heavy atom. The van der Waals surface area contributed by atoms with Gasteiger partial charge >= 0.3 is 0 Å². The van der Waals surface area contributed by atoms with Crippen LogP contribution in [-0.2, 0) is 10.5 Å². The van der Waals surface area contributed by atoms with Gasteiger partial charge in [-0.3, -0.25) is 4.79 Å². The third kappa shape index (κ3) is 4.67. The molecule has 0 aliphatic carbocycles. The Morgan fingerprint density at radius 3 is 2.52 bits per heavy atom. The summed E-state index contributed by atoms with van der Waals surface area (Å²) in [5.41, 5.74) is 2.00. The maximum absolute atomic E-state index is 12.1. The second-order valence-electron chi connectivity index (χ2n) is 5.54. The van der Waals surface area contributed by atoms with Crippen molar-refractivity contribution in [1.82, 2.24) is 25.5 Å². The summed E-state index contributed by atoms with van der Waals surface area (Å²) in [6.07, 6.45) is 0. The molecule has 7 heteroatoms. The maximum Gasteiger partial charge on any atom is 0.230 e. The van der Waals surface area contributed by atoms with Crippen LogP contribution in [0.1, 0.15) is 24.4 Å². The molecule has 1 unspecified atom stereocenters. The lowest BCUT2D eigenvalue weighted by molar-refractivity contribution is -0.119. The van der Waals surface area contributed by atoms with Gasteiger partial charge in [-0.05, 0) is 35.0 Å². The first-order valence-corrected chi connectivity index (χ1v) is 9.14. The van der Waals surface area contributed by atoms with Crippen molar-refractivity contribution < 1.29 is 4.79 Å². The number of hydrogen-bond donors (Lipinski definition) is 1. The van der Waals surface area contributed by atoms with Crippen LogP contribution in [0.3, 0.4) is 0 Å². The highest BCUT2D eigenvalue weighted by molar-refractivity contribution is 7.99. The Bertz CT molecular complexity index is 807. The average molecular weight is 353 g/mol. The molecule has 3 rings (SSSR count). The number of nitrogens with zero attached hydrogens (tertiary/aromatic N) is 4. The van der Waals surface area contributed by atoms with E-state index < -0.39 is 0 Å². The lowest BCUT2D eigenvalue weighted by atomic mass is 10.1. The third-order valence-electron chi connectivity index (χ3n) is 3.68. The predicted octanol–water partition coefficient (Wildman–Crippen LogP) is 2.77. The van der Waals surface area contributed by atoms with Gasteiger partial charge in [0.1, 0.15) is 0 Å². The minimum Gasteiger partial charge on any atom is -0.349 e. The van der Waals surface area contributed by atoms with Crippen molar-refractivity contribution in [2.24, 2.45) is 0 Å². The molecule has 0 radical (unpaired) electrons. The number of tetrazole rings is 1. The van der Waals surface area contributed by atoms with Crippen LogP contribution >= 0.6 is 11.8 Å². The van der Waals surface area contributed by atoms with Crippen LogP contribution in [-0.4, -0.2) is 31.9 Å². The van der Waals surface area contributed by atoms with Crippen LogP contribution in [0.25, 0.3) is 5.69 Å². The zero-order chi connectivity index (χ0) is 17.5. The van der Waals surface area contributed by atoms with Gasteiger partial charge in [0.2, 0.25) is 5.91 Å². The molecule has 0 aliphatic heterocycles. The van der Waals surface area contributed by atoms with Gasteiger partial charge in [-0.2, -0.15) is 4.68 Å². The zero-order valence-electron chi connectivity index (χ0n) is 13.9. The molecule has 6 nitrogen and oxygen atoms in total. The number of amides is 1. The van der Waals surface area contributed by atoms with Gasteiger partial charge in [0.05, 0.1) is 23.2 Å². The summed E-state index contributed by atoms with van der Waals surface area (Å²) in [5, 5.41) is 14.8. The van der Waals surface area contributed by atoms with Gasteiger partial charge in [0.15, 0.2) is 5.82 Å². The van der Waals surface area contributed by atoms with E-state index in [1.165, 1.54) is 11.8 Å². The average Bonchev–Trinajstić information content (AvgIpc) is 3.11. The predicted molar refractivity (Wildman–Crippen MR) is 98.3 cm³/mol. The standard InChI is InChI=1S/C18H19N5OS/c1-14(15-8-4-2-5-9-15)19-18(24)13-25-12-17-20-21-22-23(17)16-10-6-3-7-11-16/h2-11,14H,12-13H2,1H3,(H,19,24). The normalized spacial score (nSPS) is 11.9. The Kier molecular flexibility index (Phi) is 5.79. The second-order valence-corrected chi connectivity index (χ2v) is 6.52. The highest BCUT2D eigenvalue weighted by Gasteiger charge is 2.12. The van der Waals surface area contributed by atoms with Crippen molar-refractivity contribution in [3.63, 3.8) is 0 Å². The fraction of sp³-hybridized carbons (Fsp3) is 0.222. The lowest BCUT2D eigenvalue weighted by Gasteiger charge is -2.14. The van der Waals surface area contributed by atoms with Gasteiger partial charge in [-0.1, -0.05) is 48.5 Å². The minimum absolute atomic E-state index is 0.0000821. The molecule has 0 bridgehead atoms. The van der Waals surface area contributed by atoms with Crippen LogP contribution < -0.4 is 5.32 Å². The van der Waals surface area contributed by atoms with E-state index in [1.807, 2.05) is 67.6 Å². The van der Waals surface area contributed by atoms with Gasteiger partial charge in [0, 0.05) is 0 Å². The quantitative estimate of drug-likeness (QED) is 0.707. The molecular formula is C18H19N5OS. The maximum atomic E-state index is 12.1. The molecule has 128 valence electrons. The zero-order valence-corrected chi connectivity index (χ0v) is 14.7. The Morgan fingerprint density at radius 1 is 1.12 bits per heavy atom. The largest absolute Gasteiger partial charge is 0.349 e. The van der Waals surface area contributed by atoms with Crippen molar-refractivity contribution in [2.75, 3.05) is 5.75 Å².